The van der Waals surface area contributed by atoms with E-state index in [0.29, 0.717) is 15.8 Å². The number of aromatic nitrogens is 1. The van der Waals surface area contributed by atoms with Crippen LogP contribution >= 0.6 is 34.3 Å². The van der Waals surface area contributed by atoms with E-state index < -0.39 is 0 Å². The van der Waals surface area contributed by atoms with Crippen molar-refractivity contribution >= 4 is 55.5 Å². The topological polar surface area (TPSA) is 48.5 Å². The average Bonchev–Trinajstić information content (AvgIpc) is 3.28. The van der Waals surface area contributed by atoms with Gasteiger partial charge in [-0.1, -0.05) is 35.1 Å². The third-order valence-corrected chi connectivity index (χ3v) is 6.76. The molecule has 0 radical (unpaired) electrons. The Labute approximate surface area is 165 Å². The maximum absolute atomic E-state index is 12.0. The molecule has 0 unspecified atom stereocenters. The summed E-state index contributed by atoms with van der Waals surface area (Å²) >= 11 is 8.94. The second kappa shape index (κ2) is 7.92. The molecule has 1 amide bonds. The normalized spacial score (nSPS) is 15.5. The zero-order chi connectivity index (χ0) is 17.9. The molecule has 1 aromatic carbocycles. The standard InChI is InChI=1S/C18H19ClN4OS2/c19-16-6-5-15(25-16)17(24)20-7-8-22-9-11-23(12-10-22)18-21-13-3-1-2-4-14(13)26-18/h1-6H,7-12H2,(H,20,24). The van der Waals surface area contributed by atoms with Crippen molar-refractivity contribution in [1.29, 1.82) is 0 Å². The van der Waals surface area contributed by atoms with E-state index in [0.717, 1.165) is 43.4 Å². The van der Waals surface area contributed by atoms with Crippen LogP contribution in [0.5, 0.6) is 0 Å². The summed E-state index contributed by atoms with van der Waals surface area (Å²) in [5, 5.41) is 4.07. The number of piperazine rings is 1. The molecule has 5 nitrogen and oxygen atoms in total. The highest BCUT2D eigenvalue weighted by atomic mass is 35.5. The highest BCUT2D eigenvalue weighted by Gasteiger charge is 2.19. The summed E-state index contributed by atoms with van der Waals surface area (Å²) < 4.78 is 1.88. The van der Waals surface area contributed by atoms with Crippen LogP contribution in [-0.2, 0) is 0 Å². The minimum Gasteiger partial charge on any atom is -0.350 e. The van der Waals surface area contributed by atoms with Crippen molar-refractivity contribution in [2.24, 2.45) is 0 Å². The fourth-order valence-corrected chi connectivity index (χ4v) is 4.99. The predicted octanol–water partition coefficient (Wildman–Crippen LogP) is 3.56. The summed E-state index contributed by atoms with van der Waals surface area (Å²) in [6.45, 7) is 5.41. The molecule has 1 fully saturated rings. The van der Waals surface area contributed by atoms with Crippen molar-refractivity contribution < 1.29 is 4.79 Å². The van der Waals surface area contributed by atoms with Crippen LogP contribution in [0.2, 0.25) is 4.34 Å². The minimum atomic E-state index is -0.0463. The molecule has 136 valence electrons. The lowest BCUT2D eigenvalue weighted by Gasteiger charge is -2.34. The van der Waals surface area contributed by atoms with Gasteiger partial charge in [0.15, 0.2) is 5.13 Å². The lowest BCUT2D eigenvalue weighted by Crippen LogP contribution is -2.48. The molecule has 0 bridgehead atoms. The first-order chi connectivity index (χ1) is 12.7. The SMILES string of the molecule is O=C(NCCN1CCN(c2nc3ccccc3s2)CC1)c1ccc(Cl)s1. The largest absolute Gasteiger partial charge is 0.350 e. The molecular formula is C18H19ClN4OS2. The van der Waals surface area contributed by atoms with Gasteiger partial charge in [0.25, 0.3) is 5.91 Å². The van der Waals surface area contributed by atoms with Gasteiger partial charge >= 0.3 is 0 Å². The van der Waals surface area contributed by atoms with E-state index in [9.17, 15) is 4.79 Å². The van der Waals surface area contributed by atoms with E-state index >= 15 is 0 Å². The number of para-hydroxylation sites is 1. The predicted molar refractivity (Wildman–Crippen MR) is 110 cm³/mol. The number of rotatable bonds is 5. The number of thiophene rings is 1. The quantitative estimate of drug-likeness (QED) is 0.703. The molecule has 8 heteroatoms. The maximum atomic E-state index is 12.0. The fourth-order valence-electron chi connectivity index (χ4n) is 3.01. The summed E-state index contributed by atoms with van der Waals surface area (Å²) in [5.74, 6) is -0.0463. The van der Waals surface area contributed by atoms with Crippen molar-refractivity contribution in [3.05, 3.63) is 45.6 Å². The molecule has 3 heterocycles. The van der Waals surface area contributed by atoms with Crippen molar-refractivity contribution in [1.82, 2.24) is 15.2 Å². The Bertz CT molecular complexity index is 868. The van der Waals surface area contributed by atoms with Gasteiger partial charge in [-0.3, -0.25) is 9.69 Å². The number of thiazole rings is 1. The van der Waals surface area contributed by atoms with Gasteiger partial charge in [-0.2, -0.15) is 0 Å². The van der Waals surface area contributed by atoms with Crippen molar-refractivity contribution in [3.63, 3.8) is 0 Å². The molecule has 1 aliphatic heterocycles. The smallest absolute Gasteiger partial charge is 0.261 e. The highest BCUT2D eigenvalue weighted by Crippen LogP contribution is 2.29. The number of nitrogens with one attached hydrogen (secondary N) is 1. The summed E-state index contributed by atoms with van der Waals surface area (Å²) in [7, 11) is 0. The molecule has 1 saturated heterocycles. The van der Waals surface area contributed by atoms with E-state index in [-0.39, 0.29) is 5.91 Å². The lowest BCUT2D eigenvalue weighted by atomic mass is 10.3. The van der Waals surface area contributed by atoms with Crippen LogP contribution in [0.1, 0.15) is 9.67 Å². The molecule has 1 N–H and O–H groups in total. The second-order valence-corrected chi connectivity index (χ2v) is 8.88. The average molecular weight is 407 g/mol. The van der Waals surface area contributed by atoms with E-state index in [1.54, 1.807) is 23.5 Å². The van der Waals surface area contributed by atoms with Crippen LogP contribution in [0.25, 0.3) is 10.2 Å². The number of halogens is 1. The molecule has 0 saturated carbocycles. The molecule has 2 aromatic heterocycles. The van der Waals surface area contributed by atoms with Gasteiger partial charge < -0.3 is 10.2 Å². The summed E-state index contributed by atoms with van der Waals surface area (Å²) in [4.78, 5) is 22.2. The van der Waals surface area contributed by atoms with Gasteiger partial charge in [0.05, 0.1) is 19.4 Å². The van der Waals surface area contributed by atoms with Crippen LogP contribution in [-0.4, -0.2) is 55.1 Å². The maximum Gasteiger partial charge on any atom is 0.261 e. The van der Waals surface area contributed by atoms with E-state index in [4.69, 9.17) is 16.6 Å². The third kappa shape index (κ3) is 4.01. The Hall–Kier alpha value is -1.67. The van der Waals surface area contributed by atoms with Crippen LogP contribution in [0.3, 0.4) is 0 Å². The zero-order valence-corrected chi connectivity index (χ0v) is 16.5. The molecule has 0 spiro atoms. The van der Waals surface area contributed by atoms with Crippen molar-refractivity contribution in [2.75, 3.05) is 44.2 Å². The number of carbonyl (C=O) groups excluding carboxylic acids is 1. The van der Waals surface area contributed by atoms with Crippen LogP contribution in [0.15, 0.2) is 36.4 Å². The Morgan fingerprint density at radius 2 is 1.92 bits per heavy atom. The van der Waals surface area contributed by atoms with Crippen LogP contribution in [0, 0.1) is 0 Å². The zero-order valence-electron chi connectivity index (χ0n) is 14.2. The molecule has 0 aliphatic carbocycles. The first-order valence-electron chi connectivity index (χ1n) is 8.55. The van der Waals surface area contributed by atoms with Crippen LogP contribution in [0.4, 0.5) is 5.13 Å². The molecule has 0 atom stereocenters. The van der Waals surface area contributed by atoms with Gasteiger partial charge in [-0.25, -0.2) is 4.98 Å². The van der Waals surface area contributed by atoms with Gasteiger partial charge in [-0.05, 0) is 24.3 Å². The van der Waals surface area contributed by atoms with E-state index in [1.807, 2.05) is 6.07 Å². The number of carbonyl (C=O) groups is 1. The Kier molecular flexibility index (Phi) is 5.40. The number of benzene rings is 1. The minimum absolute atomic E-state index is 0.0463. The fraction of sp³-hybridized carbons (Fsp3) is 0.333. The first kappa shape index (κ1) is 17.7. The molecule has 26 heavy (non-hydrogen) atoms. The van der Waals surface area contributed by atoms with Crippen molar-refractivity contribution in [2.45, 2.75) is 0 Å². The lowest BCUT2D eigenvalue weighted by molar-refractivity contribution is 0.0952. The number of hydrogen-bond acceptors (Lipinski definition) is 6. The summed E-state index contributed by atoms with van der Waals surface area (Å²) in [5.41, 5.74) is 1.08. The molecular weight excluding hydrogens is 388 g/mol. The summed E-state index contributed by atoms with van der Waals surface area (Å²) in [6, 6.07) is 11.8. The molecule has 3 aromatic rings. The first-order valence-corrected chi connectivity index (χ1v) is 10.6. The van der Waals surface area contributed by atoms with Crippen LogP contribution < -0.4 is 10.2 Å². The Balaban J connectivity index is 1.24. The summed E-state index contributed by atoms with van der Waals surface area (Å²) in [6.07, 6.45) is 0. The number of hydrogen-bond donors (Lipinski definition) is 1. The highest BCUT2D eigenvalue weighted by molar-refractivity contribution is 7.22. The Morgan fingerprint density at radius 3 is 2.65 bits per heavy atom. The van der Waals surface area contributed by atoms with Gasteiger partial charge in [0, 0.05) is 39.3 Å². The van der Waals surface area contributed by atoms with Crippen molar-refractivity contribution in [3.8, 4) is 0 Å². The molecule has 4 rings (SSSR count). The van der Waals surface area contributed by atoms with E-state index in [2.05, 4.69) is 33.3 Å². The Morgan fingerprint density at radius 1 is 1.12 bits per heavy atom. The molecule has 1 aliphatic rings. The number of nitrogens with zero attached hydrogens (tertiary/aromatic N) is 3. The second-order valence-electron chi connectivity index (χ2n) is 6.15. The van der Waals surface area contributed by atoms with E-state index in [1.165, 1.54) is 16.0 Å². The number of fused-ring (bicyclic) bond motifs is 1. The monoisotopic (exact) mass is 406 g/mol. The number of anilines is 1. The van der Waals surface area contributed by atoms with Gasteiger partial charge in [-0.15, -0.1) is 11.3 Å². The van der Waals surface area contributed by atoms with Gasteiger partial charge in [0.2, 0.25) is 0 Å². The third-order valence-electron chi connectivity index (χ3n) is 4.44. The number of amides is 1. The van der Waals surface area contributed by atoms with Gasteiger partial charge in [0.1, 0.15) is 0 Å².